The Morgan fingerprint density at radius 3 is 1.76 bits per heavy atom. The summed E-state index contributed by atoms with van der Waals surface area (Å²) in [6.07, 6.45) is -0.864. The number of hydrogen-bond donors (Lipinski definition) is 3. The zero-order valence-electron chi connectivity index (χ0n) is 33.4. The number of ether oxygens (including phenoxy) is 3. The van der Waals surface area contributed by atoms with Crippen LogP contribution in [0.5, 0.6) is 0 Å². The van der Waals surface area contributed by atoms with Gasteiger partial charge in [0.1, 0.15) is 29.1 Å². The normalized spacial score (nSPS) is 15.2. The van der Waals surface area contributed by atoms with Gasteiger partial charge in [-0.05, 0) is 0 Å². The average Bonchev–Trinajstić information content (AvgIpc) is 3.64. The third-order valence-electron chi connectivity index (χ3n) is 7.85. The predicted molar refractivity (Wildman–Crippen MR) is 216 cm³/mol. The Morgan fingerprint density at radius 2 is 1.26 bits per heavy atom. The third-order valence-corrected chi connectivity index (χ3v) is 8.12. The van der Waals surface area contributed by atoms with E-state index in [-0.39, 0.29) is 22.5 Å². The molecule has 18 nitrogen and oxygen atoms in total. The van der Waals surface area contributed by atoms with Gasteiger partial charge < -0.3 is 40.4 Å². The number of nitrogen functional groups attached to an aromatic ring is 2. The number of nitrogens with zero attached hydrogens (tertiary/aromatic N) is 11. The lowest BCUT2D eigenvalue weighted by Gasteiger charge is -2.29. The van der Waals surface area contributed by atoms with E-state index in [0.29, 0.717) is 94.0 Å². The number of H-pyrrole nitrogens is 1. The van der Waals surface area contributed by atoms with Crippen molar-refractivity contribution in [3.05, 3.63) is 51.3 Å². The van der Waals surface area contributed by atoms with E-state index in [0.717, 1.165) is 23.5 Å². The third kappa shape index (κ3) is 14.3. The first kappa shape index (κ1) is 47.1. The number of nitrogens with one attached hydrogen (secondary N) is 1. The van der Waals surface area contributed by atoms with Crippen molar-refractivity contribution in [3.63, 3.8) is 0 Å². The highest BCUT2D eigenvalue weighted by Crippen LogP contribution is 2.39. The van der Waals surface area contributed by atoms with Gasteiger partial charge >= 0.3 is 6.18 Å². The molecule has 3 aliphatic heterocycles. The summed E-state index contributed by atoms with van der Waals surface area (Å²) < 4.78 is 56.6. The minimum atomic E-state index is -4.62. The van der Waals surface area contributed by atoms with Crippen LogP contribution < -0.4 is 31.7 Å². The van der Waals surface area contributed by atoms with Gasteiger partial charge in [0, 0.05) is 70.7 Å². The number of anilines is 5. The van der Waals surface area contributed by atoms with Crippen LogP contribution in [-0.4, -0.2) is 119 Å². The Bertz CT molecular complexity index is 1940. The van der Waals surface area contributed by atoms with Crippen molar-refractivity contribution in [3.8, 4) is 17.3 Å². The molecule has 0 spiro atoms. The zero-order chi connectivity index (χ0) is 42.7. The molecular weight excluding hydrogens is 785 g/mol. The smallest absolute Gasteiger partial charge is 0.382 e. The van der Waals surface area contributed by atoms with Crippen molar-refractivity contribution < 1.29 is 27.4 Å². The van der Waals surface area contributed by atoms with Crippen LogP contribution in [0.1, 0.15) is 51.9 Å². The number of morpholine rings is 3. The lowest BCUT2D eigenvalue weighted by Crippen LogP contribution is -2.39. The standard InChI is InChI=1S/C14H13F3N6O.C8H11ClN4O.C8H12N4O2.2C3H8/c1-22-8-10(13(21-22)14(15,16)17)12-11(6-9(7-18)19-20-12)23-2-4-24-5-3-23;9-8-6(5-7(10)11-12-8)13-1-3-14-4-2-13;9-7-5-6(8(13)11-10-7)12-1-3-14-4-2-12;2*1-3-2/h6,8H,2-5H2,1H3;5H,1-4H2,(H2,10,11);5H,1-4H2,(H2,9,10)(H,11,13);2*3H2,1-2H3. The predicted octanol–water partition coefficient (Wildman–Crippen LogP) is 4.17. The Kier molecular flexibility index (Phi) is 19.3. The molecule has 0 radical (unpaired) electrons. The molecule has 4 aromatic heterocycles. The number of rotatable bonds is 4. The van der Waals surface area contributed by atoms with Crippen LogP contribution in [0.15, 0.2) is 29.2 Å². The molecular formula is C36H52ClF3N14O4. The van der Waals surface area contributed by atoms with Crippen molar-refractivity contribution in [2.45, 2.75) is 46.7 Å². The number of nitrogens with two attached hydrogens (primary N) is 2. The molecule has 3 fully saturated rings. The highest BCUT2D eigenvalue weighted by Gasteiger charge is 2.39. The molecule has 0 unspecified atom stereocenters. The van der Waals surface area contributed by atoms with Gasteiger partial charge in [-0.3, -0.25) is 9.48 Å². The van der Waals surface area contributed by atoms with Crippen molar-refractivity contribution in [2.75, 3.05) is 105 Å². The number of aromatic amines is 1. The largest absolute Gasteiger partial charge is 0.435 e. The second kappa shape index (κ2) is 23.8. The van der Waals surface area contributed by atoms with Crippen LogP contribution in [-0.2, 0) is 27.4 Å². The number of halogens is 4. The van der Waals surface area contributed by atoms with Crippen molar-refractivity contribution in [2.24, 2.45) is 7.05 Å². The van der Waals surface area contributed by atoms with Crippen LogP contribution in [0.4, 0.5) is 41.9 Å². The summed E-state index contributed by atoms with van der Waals surface area (Å²) in [6, 6.07) is 6.63. The topological polar surface area (TPSA) is 228 Å². The fourth-order valence-corrected chi connectivity index (χ4v) is 5.61. The van der Waals surface area contributed by atoms with Crippen LogP contribution >= 0.6 is 11.6 Å². The van der Waals surface area contributed by atoms with Gasteiger partial charge in [0.05, 0.1) is 56.6 Å². The fraction of sp³-hybridized carbons (Fsp3) is 0.556. The van der Waals surface area contributed by atoms with Gasteiger partial charge in [0.15, 0.2) is 16.5 Å². The quantitative estimate of drug-likeness (QED) is 0.262. The molecule has 0 bridgehead atoms. The van der Waals surface area contributed by atoms with E-state index in [4.69, 9.17) is 42.5 Å². The Balaban J connectivity index is 0.000000228. The molecule has 0 aliphatic carbocycles. The summed E-state index contributed by atoms with van der Waals surface area (Å²) in [5.74, 6) is 0.710. The molecule has 0 atom stereocenters. The van der Waals surface area contributed by atoms with E-state index in [2.05, 4.69) is 68.3 Å². The van der Waals surface area contributed by atoms with E-state index in [1.807, 2.05) is 15.9 Å². The second-order valence-electron chi connectivity index (χ2n) is 12.8. The number of nitriles is 1. The molecule has 0 aromatic carbocycles. The van der Waals surface area contributed by atoms with Gasteiger partial charge in [-0.1, -0.05) is 52.1 Å². The molecule has 22 heteroatoms. The van der Waals surface area contributed by atoms with Gasteiger partial charge in [-0.15, -0.1) is 20.4 Å². The van der Waals surface area contributed by atoms with E-state index in [1.54, 1.807) is 12.1 Å². The summed E-state index contributed by atoms with van der Waals surface area (Å²) in [5.41, 5.74) is 11.6. The SMILES string of the molecule is CCC.CCC.Cn1cc(-c2nnc(C#N)cc2N2CCOCC2)c(C(F)(F)F)n1.Nc1cc(N2CCOCC2)c(=O)[nH]n1.Nc1cc(N2CCOCC2)c(Cl)nn1. The molecule has 3 aliphatic rings. The summed E-state index contributed by atoms with van der Waals surface area (Å²) in [7, 11) is 1.41. The monoisotopic (exact) mass is 836 g/mol. The molecule has 318 valence electrons. The number of alkyl halides is 3. The van der Waals surface area contributed by atoms with Crippen LogP contribution in [0.3, 0.4) is 0 Å². The maximum Gasteiger partial charge on any atom is 0.435 e. The average molecular weight is 837 g/mol. The molecule has 0 amide bonds. The lowest BCUT2D eigenvalue weighted by molar-refractivity contribution is -0.141. The highest BCUT2D eigenvalue weighted by molar-refractivity contribution is 6.32. The summed E-state index contributed by atoms with van der Waals surface area (Å²) in [6.45, 7) is 16.1. The maximum atomic E-state index is 13.3. The highest BCUT2D eigenvalue weighted by atomic mass is 35.5. The molecule has 0 saturated carbocycles. The first-order valence-corrected chi connectivity index (χ1v) is 19.2. The molecule has 3 saturated heterocycles. The second-order valence-corrected chi connectivity index (χ2v) is 13.2. The molecule has 7 rings (SSSR count). The first-order valence-electron chi connectivity index (χ1n) is 18.8. The first-order chi connectivity index (χ1) is 27.8. The lowest BCUT2D eigenvalue weighted by atomic mass is 10.1. The van der Waals surface area contributed by atoms with Gasteiger partial charge in [0.2, 0.25) is 0 Å². The van der Waals surface area contributed by atoms with Crippen LogP contribution in [0.25, 0.3) is 11.3 Å². The minimum Gasteiger partial charge on any atom is -0.382 e. The van der Waals surface area contributed by atoms with Crippen LogP contribution in [0.2, 0.25) is 5.15 Å². The fourth-order valence-electron chi connectivity index (χ4n) is 5.40. The van der Waals surface area contributed by atoms with Gasteiger partial charge in [-0.25, -0.2) is 5.10 Å². The molecule has 4 aromatic rings. The van der Waals surface area contributed by atoms with E-state index in [1.165, 1.54) is 32.2 Å². The maximum absolute atomic E-state index is 13.3. The van der Waals surface area contributed by atoms with Crippen molar-refractivity contribution in [1.82, 2.24) is 40.4 Å². The van der Waals surface area contributed by atoms with Gasteiger partial charge in [-0.2, -0.15) is 28.6 Å². The Morgan fingerprint density at radius 1 is 0.776 bits per heavy atom. The van der Waals surface area contributed by atoms with Crippen molar-refractivity contribution >= 4 is 40.3 Å². The number of hydrogen-bond acceptors (Lipinski definition) is 16. The van der Waals surface area contributed by atoms with E-state index in [9.17, 15) is 18.0 Å². The summed E-state index contributed by atoms with van der Waals surface area (Å²) in [4.78, 5) is 17.3. The summed E-state index contributed by atoms with van der Waals surface area (Å²) in [5, 5.41) is 33.9. The van der Waals surface area contributed by atoms with Gasteiger partial charge in [0.25, 0.3) is 5.56 Å². The summed E-state index contributed by atoms with van der Waals surface area (Å²) >= 11 is 5.92. The zero-order valence-corrected chi connectivity index (χ0v) is 34.2. The molecule has 58 heavy (non-hydrogen) atoms. The van der Waals surface area contributed by atoms with Crippen LogP contribution in [0, 0.1) is 11.3 Å². The number of aryl methyl sites for hydroxylation is 1. The van der Waals surface area contributed by atoms with Crippen molar-refractivity contribution in [1.29, 1.82) is 5.26 Å². The minimum absolute atomic E-state index is 0.0395. The Hall–Kier alpha value is -5.30. The van der Waals surface area contributed by atoms with E-state index < -0.39 is 11.9 Å². The Labute approximate surface area is 340 Å². The number of aromatic nitrogens is 8. The molecule has 7 heterocycles. The molecule has 5 N–H and O–H groups in total. The van der Waals surface area contributed by atoms with E-state index >= 15 is 0 Å².